The molecule has 1 aliphatic carbocycles. The Bertz CT molecular complexity index is 1050. The lowest BCUT2D eigenvalue weighted by Crippen LogP contribution is -2.42. The number of hydrogen-bond acceptors (Lipinski definition) is 7. The number of carbonyl (C=O) groups excluding carboxylic acids is 1. The Morgan fingerprint density at radius 2 is 2.14 bits per heavy atom. The van der Waals surface area contributed by atoms with Crippen LogP contribution in [0.1, 0.15) is 61.4 Å². The molecule has 1 amide bonds. The number of amides is 1. The summed E-state index contributed by atoms with van der Waals surface area (Å²) in [5, 5.41) is 15.4. The lowest BCUT2D eigenvalue weighted by atomic mass is 10.0. The van der Waals surface area contributed by atoms with E-state index in [0.29, 0.717) is 17.7 Å². The predicted molar refractivity (Wildman–Crippen MR) is 105 cm³/mol. The van der Waals surface area contributed by atoms with Gasteiger partial charge in [0.2, 0.25) is 0 Å². The summed E-state index contributed by atoms with van der Waals surface area (Å²) in [5.41, 5.74) is 1.21. The third-order valence-corrected chi connectivity index (χ3v) is 5.81. The summed E-state index contributed by atoms with van der Waals surface area (Å²) in [7, 11) is 1.58. The van der Waals surface area contributed by atoms with Gasteiger partial charge in [-0.3, -0.25) is 9.36 Å². The van der Waals surface area contributed by atoms with Crippen LogP contribution in [-0.2, 0) is 0 Å². The van der Waals surface area contributed by atoms with Crippen LogP contribution >= 0.6 is 0 Å². The number of carbonyl (C=O) groups is 1. The highest BCUT2D eigenvalue weighted by Gasteiger charge is 2.38. The average Bonchev–Trinajstić information content (AvgIpc) is 3.52. The molecule has 29 heavy (non-hydrogen) atoms. The van der Waals surface area contributed by atoms with Crippen LogP contribution < -0.4 is 10.2 Å². The van der Waals surface area contributed by atoms with Gasteiger partial charge >= 0.3 is 0 Å². The van der Waals surface area contributed by atoms with Gasteiger partial charge in [-0.1, -0.05) is 19.8 Å². The highest BCUT2D eigenvalue weighted by molar-refractivity contribution is 5.91. The van der Waals surface area contributed by atoms with Crippen molar-refractivity contribution in [3.05, 3.63) is 36.3 Å². The molecule has 1 N–H and O–H groups in total. The van der Waals surface area contributed by atoms with Crippen LogP contribution in [0.25, 0.3) is 11.6 Å². The van der Waals surface area contributed by atoms with E-state index in [2.05, 4.69) is 37.4 Å². The van der Waals surface area contributed by atoms with E-state index in [1.165, 1.54) is 12.8 Å². The van der Waals surface area contributed by atoms with E-state index in [9.17, 15) is 4.79 Å². The van der Waals surface area contributed by atoms with Crippen molar-refractivity contribution in [2.75, 3.05) is 11.9 Å². The first-order valence-electron chi connectivity index (χ1n) is 10.0. The molecule has 0 radical (unpaired) electrons. The van der Waals surface area contributed by atoms with Crippen LogP contribution in [0.2, 0.25) is 0 Å². The van der Waals surface area contributed by atoms with Gasteiger partial charge in [0.05, 0.1) is 12.2 Å². The molecule has 150 valence electrons. The first-order valence-corrected chi connectivity index (χ1v) is 10.0. The van der Waals surface area contributed by atoms with Crippen LogP contribution in [-0.4, -0.2) is 53.5 Å². The number of hydrogen-bond donors (Lipinski definition) is 1. The second-order valence-electron chi connectivity index (χ2n) is 7.43. The predicted octanol–water partition coefficient (Wildman–Crippen LogP) is 1.82. The van der Waals surface area contributed by atoms with Crippen LogP contribution in [0.4, 0.5) is 5.82 Å². The van der Waals surface area contributed by atoms with E-state index in [-0.39, 0.29) is 11.9 Å². The standard InChI is InChI=1S/C19H23N9O/c1-3-14-17-24-22-11-26(17)15-10-21-19(27-9-8-13(25-27)18(29)20-2)23-16(15)28(14)12-6-4-5-7-12/h8-12,14H,3-7H2,1-2H3,(H,20,29)/t14-/m1/s1. The molecule has 4 heterocycles. The number of aromatic nitrogens is 7. The molecule has 5 rings (SSSR count). The molecular formula is C19H23N9O. The molecular weight excluding hydrogens is 370 g/mol. The number of fused-ring (bicyclic) bond motifs is 3. The Balaban J connectivity index is 1.63. The molecule has 1 atom stereocenters. The smallest absolute Gasteiger partial charge is 0.271 e. The van der Waals surface area contributed by atoms with Crippen LogP contribution in [0.15, 0.2) is 24.8 Å². The zero-order chi connectivity index (χ0) is 20.0. The van der Waals surface area contributed by atoms with E-state index in [0.717, 1.165) is 36.6 Å². The Kier molecular flexibility index (Phi) is 4.26. The zero-order valence-electron chi connectivity index (χ0n) is 16.5. The molecule has 3 aromatic heterocycles. The van der Waals surface area contributed by atoms with Gasteiger partial charge in [0.25, 0.3) is 11.9 Å². The molecule has 0 aromatic carbocycles. The molecule has 10 nitrogen and oxygen atoms in total. The normalized spacial score (nSPS) is 18.6. The minimum Gasteiger partial charge on any atom is -0.354 e. The SMILES string of the molecule is CC[C@@H]1c2nncn2-c2cnc(-n3ccc(C(=O)NC)n3)nc2N1C1CCCC1. The van der Waals surface area contributed by atoms with Crippen molar-refractivity contribution in [1.82, 2.24) is 39.8 Å². The molecule has 0 saturated heterocycles. The summed E-state index contributed by atoms with van der Waals surface area (Å²) < 4.78 is 3.53. The Labute approximate surface area is 168 Å². The maximum absolute atomic E-state index is 11.9. The van der Waals surface area contributed by atoms with E-state index in [1.54, 1.807) is 36.5 Å². The minimum atomic E-state index is -0.241. The first kappa shape index (κ1) is 17.8. The molecule has 0 spiro atoms. The highest BCUT2D eigenvalue weighted by Crippen LogP contribution is 2.42. The number of nitrogens with zero attached hydrogens (tertiary/aromatic N) is 8. The first-order chi connectivity index (χ1) is 14.2. The van der Waals surface area contributed by atoms with Crippen molar-refractivity contribution in [2.45, 2.75) is 51.1 Å². The van der Waals surface area contributed by atoms with Crippen LogP contribution in [0.5, 0.6) is 0 Å². The average molecular weight is 393 g/mol. The molecule has 0 unspecified atom stereocenters. The second-order valence-corrected chi connectivity index (χ2v) is 7.43. The van der Waals surface area contributed by atoms with E-state index in [4.69, 9.17) is 4.98 Å². The van der Waals surface area contributed by atoms with Gasteiger partial charge < -0.3 is 10.2 Å². The molecule has 1 aliphatic heterocycles. The maximum atomic E-state index is 11.9. The van der Waals surface area contributed by atoms with E-state index < -0.39 is 0 Å². The number of anilines is 1. The summed E-state index contributed by atoms with van der Waals surface area (Å²) >= 11 is 0. The van der Waals surface area contributed by atoms with Crippen molar-refractivity contribution in [1.29, 1.82) is 0 Å². The number of nitrogens with one attached hydrogen (secondary N) is 1. The fourth-order valence-electron chi connectivity index (χ4n) is 4.43. The van der Waals surface area contributed by atoms with Gasteiger partial charge in [-0.2, -0.15) is 10.1 Å². The Hall–Kier alpha value is -3.30. The van der Waals surface area contributed by atoms with Crippen LogP contribution in [0, 0.1) is 0 Å². The zero-order valence-corrected chi connectivity index (χ0v) is 16.5. The van der Waals surface area contributed by atoms with Crippen molar-refractivity contribution in [3.63, 3.8) is 0 Å². The minimum absolute atomic E-state index is 0.120. The molecule has 10 heteroatoms. The largest absolute Gasteiger partial charge is 0.354 e. The molecule has 1 fully saturated rings. The molecule has 0 bridgehead atoms. The molecule has 3 aromatic rings. The van der Waals surface area contributed by atoms with Crippen molar-refractivity contribution in [2.24, 2.45) is 0 Å². The van der Waals surface area contributed by atoms with Gasteiger partial charge in [-0.05, 0) is 25.3 Å². The van der Waals surface area contributed by atoms with Gasteiger partial charge in [-0.15, -0.1) is 10.2 Å². The van der Waals surface area contributed by atoms with Gasteiger partial charge in [0.15, 0.2) is 17.3 Å². The summed E-state index contributed by atoms with van der Waals surface area (Å²) in [4.78, 5) is 23.7. The van der Waals surface area contributed by atoms with Gasteiger partial charge in [0.1, 0.15) is 12.0 Å². The lowest BCUT2D eigenvalue weighted by Gasteiger charge is -2.40. The third kappa shape index (κ3) is 2.78. The third-order valence-electron chi connectivity index (χ3n) is 5.81. The fourth-order valence-corrected chi connectivity index (χ4v) is 4.43. The van der Waals surface area contributed by atoms with E-state index >= 15 is 0 Å². The van der Waals surface area contributed by atoms with E-state index in [1.807, 2.05) is 4.57 Å². The Morgan fingerprint density at radius 3 is 2.90 bits per heavy atom. The monoisotopic (exact) mass is 393 g/mol. The van der Waals surface area contributed by atoms with Gasteiger partial charge in [0, 0.05) is 19.3 Å². The summed E-state index contributed by atoms with van der Waals surface area (Å²) in [6, 6.07) is 2.20. The fraction of sp³-hybridized carbons (Fsp3) is 0.474. The number of rotatable bonds is 4. The van der Waals surface area contributed by atoms with Crippen LogP contribution in [0.3, 0.4) is 0 Å². The molecule has 2 aliphatic rings. The van der Waals surface area contributed by atoms with Gasteiger partial charge in [-0.25, -0.2) is 9.67 Å². The summed E-state index contributed by atoms with van der Waals surface area (Å²) in [5.74, 6) is 2.00. The highest BCUT2D eigenvalue weighted by atomic mass is 16.1. The lowest BCUT2D eigenvalue weighted by molar-refractivity contribution is 0.0957. The quantitative estimate of drug-likeness (QED) is 0.720. The summed E-state index contributed by atoms with van der Waals surface area (Å²) in [6.45, 7) is 2.17. The second kappa shape index (κ2) is 6.94. The van der Waals surface area contributed by atoms with Crippen molar-refractivity contribution in [3.8, 4) is 11.6 Å². The molecule has 1 saturated carbocycles. The Morgan fingerprint density at radius 1 is 1.31 bits per heavy atom. The summed E-state index contributed by atoms with van der Waals surface area (Å²) in [6.07, 6.45) is 10.9. The van der Waals surface area contributed by atoms with Crippen molar-refractivity contribution < 1.29 is 4.79 Å². The maximum Gasteiger partial charge on any atom is 0.271 e. The van der Waals surface area contributed by atoms with Crippen molar-refractivity contribution >= 4 is 11.7 Å². The topological polar surface area (TPSA) is 107 Å².